The molecule has 1 aliphatic rings. The summed E-state index contributed by atoms with van der Waals surface area (Å²) in [5.74, 6) is 1.92. The molecule has 0 bridgehead atoms. The van der Waals surface area contributed by atoms with E-state index in [9.17, 15) is 0 Å². The van der Waals surface area contributed by atoms with Crippen LogP contribution < -0.4 is 16.0 Å². The SMILES string of the molecule is CN1CCN(c2ccc(Nc3nccc(N)n3)cn2)CC1. The molecule has 3 N–H and O–H groups in total. The van der Waals surface area contributed by atoms with Crippen LogP contribution in [0, 0.1) is 0 Å². The van der Waals surface area contributed by atoms with Crippen molar-refractivity contribution < 1.29 is 0 Å². The molecule has 0 aliphatic carbocycles. The maximum Gasteiger partial charge on any atom is 0.229 e. The Labute approximate surface area is 123 Å². The van der Waals surface area contributed by atoms with Crippen molar-refractivity contribution in [2.24, 2.45) is 0 Å². The average Bonchev–Trinajstić information content (AvgIpc) is 2.49. The van der Waals surface area contributed by atoms with E-state index in [0.717, 1.165) is 37.7 Å². The fourth-order valence-electron chi connectivity index (χ4n) is 2.24. The molecule has 0 unspecified atom stereocenters. The van der Waals surface area contributed by atoms with Crippen LogP contribution in [0.4, 0.5) is 23.3 Å². The van der Waals surface area contributed by atoms with E-state index in [1.165, 1.54) is 0 Å². The van der Waals surface area contributed by atoms with Crippen LogP contribution in [0.1, 0.15) is 0 Å². The first-order chi connectivity index (χ1) is 10.2. The molecule has 110 valence electrons. The smallest absolute Gasteiger partial charge is 0.229 e. The molecule has 7 heteroatoms. The number of nitrogens with zero attached hydrogens (tertiary/aromatic N) is 5. The Morgan fingerprint density at radius 2 is 1.90 bits per heavy atom. The molecule has 0 saturated carbocycles. The van der Waals surface area contributed by atoms with Crippen LogP contribution in [0.3, 0.4) is 0 Å². The molecule has 21 heavy (non-hydrogen) atoms. The predicted octanol–water partition coefficient (Wildman–Crippen LogP) is 0.949. The minimum absolute atomic E-state index is 0.439. The van der Waals surface area contributed by atoms with Crippen LogP contribution >= 0.6 is 0 Å². The van der Waals surface area contributed by atoms with Crippen molar-refractivity contribution in [3.8, 4) is 0 Å². The summed E-state index contributed by atoms with van der Waals surface area (Å²) >= 11 is 0. The Bertz CT molecular complexity index is 591. The molecule has 0 amide bonds. The third kappa shape index (κ3) is 3.38. The van der Waals surface area contributed by atoms with Gasteiger partial charge in [0, 0.05) is 32.4 Å². The molecular formula is C14H19N7. The Balaban J connectivity index is 1.66. The van der Waals surface area contributed by atoms with E-state index < -0.39 is 0 Å². The summed E-state index contributed by atoms with van der Waals surface area (Å²) in [7, 11) is 2.14. The number of hydrogen-bond donors (Lipinski definition) is 2. The maximum absolute atomic E-state index is 5.63. The Kier molecular flexibility index (Phi) is 3.83. The first kappa shape index (κ1) is 13.6. The van der Waals surface area contributed by atoms with Gasteiger partial charge in [0.05, 0.1) is 11.9 Å². The van der Waals surface area contributed by atoms with Gasteiger partial charge in [-0.05, 0) is 25.2 Å². The van der Waals surface area contributed by atoms with Crippen LogP contribution in [0.5, 0.6) is 0 Å². The van der Waals surface area contributed by atoms with Crippen molar-refractivity contribution in [3.05, 3.63) is 30.6 Å². The van der Waals surface area contributed by atoms with E-state index >= 15 is 0 Å². The Morgan fingerprint density at radius 1 is 1.10 bits per heavy atom. The molecule has 1 aliphatic heterocycles. The zero-order valence-corrected chi connectivity index (χ0v) is 12.0. The Hall–Kier alpha value is -2.41. The van der Waals surface area contributed by atoms with Crippen LogP contribution in [0.25, 0.3) is 0 Å². The lowest BCUT2D eigenvalue weighted by atomic mass is 10.3. The second-order valence-corrected chi connectivity index (χ2v) is 5.13. The first-order valence-corrected chi connectivity index (χ1v) is 6.96. The molecule has 0 aromatic carbocycles. The lowest BCUT2D eigenvalue weighted by Crippen LogP contribution is -2.44. The van der Waals surface area contributed by atoms with Crippen molar-refractivity contribution >= 4 is 23.3 Å². The van der Waals surface area contributed by atoms with E-state index in [4.69, 9.17) is 5.73 Å². The summed E-state index contributed by atoms with van der Waals surface area (Å²) in [4.78, 5) is 17.3. The molecule has 0 spiro atoms. The number of piperazine rings is 1. The van der Waals surface area contributed by atoms with Gasteiger partial charge in [-0.25, -0.2) is 9.97 Å². The zero-order valence-electron chi connectivity index (χ0n) is 12.0. The maximum atomic E-state index is 5.63. The molecule has 1 saturated heterocycles. The van der Waals surface area contributed by atoms with Gasteiger partial charge in [0.2, 0.25) is 5.95 Å². The monoisotopic (exact) mass is 285 g/mol. The molecule has 0 atom stereocenters. The van der Waals surface area contributed by atoms with Crippen molar-refractivity contribution in [2.75, 3.05) is 49.2 Å². The minimum Gasteiger partial charge on any atom is -0.384 e. The summed E-state index contributed by atoms with van der Waals surface area (Å²) in [6, 6.07) is 5.65. The average molecular weight is 285 g/mol. The topological polar surface area (TPSA) is 83.2 Å². The molecule has 0 radical (unpaired) electrons. The lowest BCUT2D eigenvalue weighted by molar-refractivity contribution is 0.312. The highest BCUT2D eigenvalue weighted by Gasteiger charge is 2.14. The summed E-state index contributed by atoms with van der Waals surface area (Å²) < 4.78 is 0. The van der Waals surface area contributed by atoms with Gasteiger partial charge in [0.25, 0.3) is 0 Å². The molecule has 1 fully saturated rings. The van der Waals surface area contributed by atoms with Gasteiger partial charge in [-0.15, -0.1) is 0 Å². The quantitative estimate of drug-likeness (QED) is 0.868. The van der Waals surface area contributed by atoms with Crippen LogP contribution in [0.15, 0.2) is 30.6 Å². The molecule has 2 aromatic heterocycles. The molecule has 3 heterocycles. The molecule has 3 rings (SSSR count). The number of hydrogen-bond acceptors (Lipinski definition) is 7. The van der Waals surface area contributed by atoms with Crippen LogP contribution in [0.2, 0.25) is 0 Å². The summed E-state index contributed by atoms with van der Waals surface area (Å²) in [6.45, 7) is 4.15. The highest BCUT2D eigenvalue weighted by atomic mass is 15.3. The van der Waals surface area contributed by atoms with Gasteiger partial charge < -0.3 is 20.9 Å². The third-order valence-electron chi connectivity index (χ3n) is 3.51. The Morgan fingerprint density at radius 3 is 2.57 bits per heavy atom. The lowest BCUT2D eigenvalue weighted by Gasteiger charge is -2.33. The van der Waals surface area contributed by atoms with Gasteiger partial charge in [-0.3, -0.25) is 0 Å². The van der Waals surface area contributed by atoms with E-state index in [2.05, 4.69) is 37.1 Å². The number of likely N-dealkylation sites (N-methyl/N-ethyl adjacent to an activating group) is 1. The van der Waals surface area contributed by atoms with Gasteiger partial charge in [-0.2, -0.15) is 4.98 Å². The number of aromatic nitrogens is 3. The number of rotatable bonds is 3. The van der Waals surface area contributed by atoms with E-state index in [-0.39, 0.29) is 0 Å². The van der Waals surface area contributed by atoms with E-state index in [0.29, 0.717) is 11.8 Å². The second kappa shape index (κ2) is 5.92. The summed E-state index contributed by atoms with van der Waals surface area (Å²) in [5.41, 5.74) is 6.47. The van der Waals surface area contributed by atoms with Crippen LogP contribution in [-0.2, 0) is 0 Å². The third-order valence-corrected chi connectivity index (χ3v) is 3.51. The fraction of sp³-hybridized carbons (Fsp3) is 0.357. The minimum atomic E-state index is 0.439. The van der Waals surface area contributed by atoms with Crippen molar-refractivity contribution in [1.29, 1.82) is 0 Å². The van der Waals surface area contributed by atoms with Gasteiger partial charge in [0.1, 0.15) is 11.6 Å². The number of nitrogens with one attached hydrogen (secondary N) is 1. The standard InChI is InChI=1S/C14H19N7/c1-20-6-8-21(9-7-20)13-3-2-11(10-17-13)18-14-16-5-4-12(15)19-14/h2-5,10H,6-9H2,1H3,(H3,15,16,18,19). The van der Waals surface area contributed by atoms with Gasteiger partial charge in [-0.1, -0.05) is 0 Å². The van der Waals surface area contributed by atoms with E-state index in [1.807, 2.05) is 12.1 Å². The highest BCUT2D eigenvalue weighted by molar-refractivity contribution is 5.55. The molecule has 2 aromatic rings. The molecular weight excluding hydrogens is 266 g/mol. The van der Waals surface area contributed by atoms with Crippen molar-refractivity contribution in [2.45, 2.75) is 0 Å². The second-order valence-electron chi connectivity index (χ2n) is 5.13. The zero-order chi connectivity index (χ0) is 14.7. The fourth-order valence-corrected chi connectivity index (χ4v) is 2.24. The number of nitrogens with two attached hydrogens (primary N) is 1. The number of nitrogen functional groups attached to an aromatic ring is 1. The number of pyridine rings is 1. The van der Waals surface area contributed by atoms with Gasteiger partial charge >= 0.3 is 0 Å². The largest absolute Gasteiger partial charge is 0.384 e. The summed E-state index contributed by atoms with van der Waals surface area (Å²) in [5, 5.41) is 3.09. The van der Waals surface area contributed by atoms with Crippen molar-refractivity contribution in [1.82, 2.24) is 19.9 Å². The van der Waals surface area contributed by atoms with Crippen molar-refractivity contribution in [3.63, 3.8) is 0 Å². The normalized spacial score (nSPS) is 16.0. The highest BCUT2D eigenvalue weighted by Crippen LogP contribution is 2.17. The predicted molar refractivity (Wildman–Crippen MR) is 83.7 cm³/mol. The number of anilines is 4. The molecule has 7 nitrogen and oxygen atoms in total. The van der Waals surface area contributed by atoms with E-state index in [1.54, 1.807) is 18.5 Å². The van der Waals surface area contributed by atoms with Gasteiger partial charge in [0.15, 0.2) is 0 Å². The first-order valence-electron chi connectivity index (χ1n) is 6.96. The summed E-state index contributed by atoms with van der Waals surface area (Å²) in [6.07, 6.45) is 3.41. The van der Waals surface area contributed by atoms with Crippen LogP contribution in [-0.4, -0.2) is 53.1 Å².